The van der Waals surface area contributed by atoms with Crippen LogP contribution in [0.25, 0.3) is 0 Å². The maximum absolute atomic E-state index is 12.0. The minimum absolute atomic E-state index is 0.409. The highest BCUT2D eigenvalue weighted by atomic mass is 35.5. The fourth-order valence-corrected chi connectivity index (χ4v) is 2.82. The van der Waals surface area contributed by atoms with E-state index in [0.29, 0.717) is 3.82 Å². The molecular weight excluding hydrogens is 268 g/mol. The fourth-order valence-electron chi connectivity index (χ4n) is 1.20. The second-order valence-corrected chi connectivity index (χ2v) is 5.91. The van der Waals surface area contributed by atoms with Gasteiger partial charge in [0.1, 0.15) is 0 Å². The molecule has 0 aliphatic heterocycles. The van der Waals surface area contributed by atoms with Crippen LogP contribution in [0.4, 0.5) is 5.69 Å². The molecule has 94 valence electrons. The quantitative estimate of drug-likeness (QED) is 0.480. The summed E-state index contributed by atoms with van der Waals surface area (Å²) < 4.78 is 24.6. The van der Waals surface area contributed by atoms with Crippen molar-refractivity contribution in [2.75, 3.05) is 0 Å². The van der Waals surface area contributed by atoms with Crippen LogP contribution >= 0.6 is 11.8 Å². The van der Waals surface area contributed by atoms with Crippen molar-refractivity contribution >= 4 is 27.5 Å². The van der Waals surface area contributed by atoms with E-state index in [2.05, 4.69) is 0 Å². The zero-order valence-electron chi connectivity index (χ0n) is 9.20. The highest BCUT2D eigenvalue weighted by Crippen LogP contribution is 2.28. The van der Waals surface area contributed by atoms with Gasteiger partial charge in [-0.15, -0.1) is 3.82 Å². The Labute approximate surface area is 104 Å². The normalized spacial score (nSPS) is 12.1. The molecule has 0 saturated heterocycles. The van der Waals surface area contributed by atoms with E-state index in [-0.39, 0.29) is 0 Å². The van der Waals surface area contributed by atoms with Gasteiger partial charge in [-0.25, -0.2) is 8.42 Å². The van der Waals surface area contributed by atoms with E-state index in [1.165, 1.54) is 12.1 Å². The first-order chi connectivity index (χ1) is 7.78. The lowest BCUT2D eigenvalue weighted by atomic mass is 10.3. The van der Waals surface area contributed by atoms with Crippen molar-refractivity contribution in [3.8, 4) is 0 Å². The van der Waals surface area contributed by atoms with Crippen molar-refractivity contribution in [3.63, 3.8) is 0 Å². The number of para-hydroxylation sites is 1. The Balaban J connectivity index is 3.39. The summed E-state index contributed by atoms with van der Waals surface area (Å²) >= 11 is 5.64. The second kappa shape index (κ2) is 4.99. The molecule has 0 aliphatic carbocycles. The predicted molar refractivity (Wildman–Crippen MR) is 63.1 cm³/mol. The number of nitro benzene ring substituents is 1. The molecule has 0 saturated carbocycles. The standard InChI is InChI=1S/C9H11ClN2O4S/c1-7(2)11(10)17(15,16)9-6-4-3-5-8(9)12(13)14/h3-7H,1-2H3. The van der Waals surface area contributed by atoms with Crippen LogP contribution in [0.3, 0.4) is 0 Å². The summed E-state index contributed by atoms with van der Waals surface area (Å²) in [5.41, 5.74) is -0.487. The molecule has 0 fully saturated rings. The van der Waals surface area contributed by atoms with E-state index >= 15 is 0 Å². The lowest BCUT2D eigenvalue weighted by Crippen LogP contribution is -2.28. The van der Waals surface area contributed by atoms with Crippen LogP contribution in [0.15, 0.2) is 29.2 Å². The predicted octanol–water partition coefficient (Wildman–Crippen LogP) is 2.15. The summed E-state index contributed by atoms with van der Waals surface area (Å²) in [7, 11) is -4.06. The van der Waals surface area contributed by atoms with Crippen LogP contribution in [0, 0.1) is 10.1 Å². The summed E-state index contributed by atoms with van der Waals surface area (Å²) in [6, 6.07) is 4.58. The minimum atomic E-state index is -4.06. The van der Waals surface area contributed by atoms with Crippen molar-refractivity contribution in [1.29, 1.82) is 0 Å². The summed E-state index contributed by atoms with van der Waals surface area (Å²) in [6.07, 6.45) is 0. The Morgan fingerprint density at radius 2 is 1.88 bits per heavy atom. The average Bonchev–Trinajstić information content (AvgIpc) is 2.27. The Morgan fingerprint density at radius 3 is 2.35 bits per heavy atom. The van der Waals surface area contributed by atoms with Crippen LogP contribution in [0.2, 0.25) is 0 Å². The van der Waals surface area contributed by atoms with Crippen LogP contribution in [-0.2, 0) is 10.0 Å². The van der Waals surface area contributed by atoms with Gasteiger partial charge in [0.15, 0.2) is 4.90 Å². The van der Waals surface area contributed by atoms with Crippen LogP contribution in [0.5, 0.6) is 0 Å². The van der Waals surface area contributed by atoms with Gasteiger partial charge in [0, 0.05) is 12.1 Å². The van der Waals surface area contributed by atoms with Gasteiger partial charge in [0.25, 0.3) is 15.7 Å². The lowest BCUT2D eigenvalue weighted by molar-refractivity contribution is -0.387. The lowest BCUT2D eigenvalue weighted by Gasteiger charge is -2.17. The molecule has 1 aromatic carbocycles. The molecule has 0 spiro atoms. The maximum Gasteiger partial charge on any atom is 0.289 e. The molecule has 0 aliphatic rings. The maximum atomic E-state index is 12.0. The molecule has 6 nitrogen and oxygen atoms in total. The van der Waals surface area contributed by atoms with Gasteiger partial charge < -0.3 is 0 Å². The van der Waals surface area contributed by atoms with Crippen LogP contribution < -0.4 is 0 Å². The molecule has 1 aromatic rings. The Bertz CT molecular complexity index is 530. The highest BCUT2D eigenvalue weighted by Gasteiger charge is 2.31. The first-order valence-corrected chi connectivity index (χ1v) is 6.50. The third kappa shape index (κ3) is 2.74. The molecular formula is C9H11ClN2O4S. The van der Waals surface area contributed by atoms with Crippen LogP contribution in [0.1, 0.15) is 13.8 Å². The summed E-state index contributed by atoms with van der Waals surface area (Å²) in [6.45, 7) is 3.14. The molecule has 17 heavy (non-hydrogen) atoms. The molecule has 0 N–H and O–H groups in total. The molecule has 0 bridgehead atoms. The van der Waals surface area contributed by atoms with Crippen molar-refractivity contribution in [1.82, 2.24) is 3.82 Å². The smallest absolute Gasteiger partial charge is 0.258 e. The summed E-state index contributed by atoms with van der Waals surface area (Å²) in [5.74, 6) is 0. The molecule has 0 amide bonds. The number of sulfonamides is 1. The third-order valence-electron chi connectivity index (χ3n) is 1.98. The molecule has 0 aromatic heterocycles. The third-order valence-corrected chi connectivity index (χ3v) is 4.69. The van der Waals surface area contributed by atoms with Crippen molar-refractivity contribution in [3.05, 3.63) is 34.4 Å². The number of hydrogen-bond donors (Lipinski definition) is 0. The first-order valence-electron chi connectivity index (χ1n) is 4.72. The van der Waals surface area contributed by atoms with Crippen molar-refractivity contribution in [2.24, 2.45) is 0 Å². The molecule has 0 radical (unpaired) electrons. The molecule has 0 atom stereocenters. The highest BCUT2D eigenvalue weighted by molar-refractivity contribution is 7.90. The average molecular weight is 279 g/mol. The van der Waals surface area contributed by atoms with E-state index in [1.54, 1.807) is 13.8 Å². The number of benzene rings is 1. The number of nitro groups is 1. The molecule has 8 heteroatoms. The largest absolute Gasteiger partial charge is 0.289 e. The minimum Gasteiger partial charge on any atom is -0.258 e. The topological polar surface area (TPSA) is 80.5 Å². The monoisotopic (exact) mass is 278 g/mol. The summed E-state index contributed by atoms with van der Waals surface area (Å²) in [5, 5.41) is 10.7. The van der Waals surface area contributed by atoms with Crippen LogP contribution in [-0.4, -0.2) is 23.2 Å². The van der Waals surface area contributed by atoms with E-state index in [9.17, 15) is 18.5 Å². The van der Waals surface area contributed by atoms with Gasteiger partial charge in [-0.05, 0) is 31.7 Å². The number of nitrogens with zero attached hydrogens (tertiary/aromatic N) is 2. The number of rotatable bonds is 4. The SMILES string of the molecule is CC(C)N(Cl)S(=O)(=O)c1ccccc1[N+](=O)[O-]. The van der Waals surface area contributed by atoms with E-state index in [1.807, 2.05) is 0 Å². The van der Waals surface area contributed by atoms with Crippen molar-refractivity contribution in [2.45, 2.75) is 24.8 Å². The van der Waals surface area contributed by atoms with E-state index in [4.69, 9.17) is 11.8 Å². The fraction of sp³-hybridized carbons (Fsp3) is 0.333. The Kier molecular flexibility index (Phi) is 4.07. The van der Waals surface area contributed by atoms with Gasteiger partial charge in [-0.1, -0.05) is 12.1 Å². The molecule has 1 rings (SSSR count). The first kappa shape index (κ1) is 13.9. The number of halogens is 1. The van der Waals surface area contributed by atoms with Gasteiger partial charge in [0.2, 0.25) is 0 Å². The van der Waals surface area contributed by atoms with Gasteiger partial charge in [-0.2, -0.15) is 0 Å². The van der Waals surface area contributed by atoms with E-state index < -0.39 is 31.6 Å². The molecule has 0 unspecified atom stereocenters. The van der Waals surface area contributed by atoms with Gasteiger partial charge >= 0.3 is 0 Å². The van der Waals surface area contributed by atoms with Gasteiger partial charge in [0.05, 0.1) is 4.92 Å². The zero-order chi connectivity index (χ0) is 13.2. The Morgan fingerprint density at radius 1 is 1.35 bits per heavy atom. The zero-order valence-corrected chi connectivity index (χ0v) is 10.8. The number of hydrogen-bond acceptors (Lipinski definition) is 4. The molecule has 0 heterocycles. The summed E-state index contributed by atoms with van der Waals surface area (Å²) in [4.78, 5) is 9.58. The Hall–Kier alpha value is -1.18. The van der Waals surface area contributed by atoms with Crippen molar-refractivity contribution < 1.29 is 13.3 Å². The van der Waals surface area contributed by atoms with Gasteiger partial charge in [-0.3, -0.25) is 10.1 Å². The van der Waals surface area contributed by atoms with E-state index in [0.717, 1.165) is 12.1 Å². The second-order valence-electron chi connectivity index (χ2n) is 3.57.